The minimum atomic E-state index is -1.15. The first kappa shape index (κ1) is 37.0. The van der Waals surface area contributed by atoms with Crippen LogP contribution in [0.15, 0.2) is 67.3 Å². The Balaban J connectivity index is 2.61. The second-order valence-electron chi connectivity index (χ2n) is 13.3. The number of carbonyl (C=O) groups is 4. The van der Waals surface area contributed by atoms with Gasteiger partial charge in [-0.3, -0.25) is 9.59 Å². The highest BCUT2D eigenvalue weighted by Gasteiger charge is 2.39. The lowest BCUT2D eigenvalue weighted by molar-refractivity contribution is -0.159. The van der Waals surface area contributed by atoms with Crippen molar-refractivity contribution in [2.45, 2.75) is 104 Å². The van der Waals surface area contributed by atoms with Crippen LogP contribution in [0.2, 0.25) is 0 Å². The van der Waals surface area contributed by atoms with Crippen LogP contribution in [-0.2, 0) is 30.3 Å². The van der Waals surface area contributed by atoms with E-state index in [2.05, 4.69) is 17.2 Å². The molecule has 0 heterocycles. The number of hydrogen-bond donors (Lipinski definition) is 2. The number of benzene rings is 2. The summed E-state index contributed by atoms with van der Waals surface area (Å²) in [5, 5.41) is 5.66. The summed E-state index contributed by atoms with van der Waals surface area (Å²) >= 11 is 0. The number of nitrogens with zero attached hydrogens (tertiary/aromatic N) is 1. The monoisotopic (exact) mass is 621 g/mol. The molecule has 0 aliphatic rings. The number of ether oxygens (including phenoxy) is 2. The van der Waals surface area contributed by atoms with Crippen molar-refractivity contribution in [1.29, 1.82) is 0 Å². The fourth-order valence-corrected chi connectivity index (χ4v) is 4.77. The van der Waals surface area contributed by atoms with Gasteiger partial charge < -0.3 is 25.0 Å². The normalized spacial score (nSPS) is 14.2. The van der Waals surface area contributed by atoms with E-state index in [1.807, 2.05) is 63.2 Å². The number of esters is 1. The molecule has 45 heavy (non-hydrogen) atoms. The predicted octanol–water partition coefficient (Wildman–Crippen LogP) is 6.06. The molecule has 4 unspecified atom stereocenters. The van der Waals surface area contributed by atoms with Crippen molar-refractivity contribution in [2.75, 3.05) is 6.54 Å². The molecule has 0 aromatic heterocycles. The third kappa shape index (κ3) is 11.7. The Bertz CT molecular complexity index is 1310. The fraction of sp³-hybridized carbons (Fsp3) is 0.500. The topological polar surface area (TPSA) is 114 Å². The Morgan fingerprint density at radius 2 is 1.47 bits per heavy atom. The maximum Gasteiger partial charge on any atom is 0.408 e. The molecule has 0 saturated heterocycles. The summed E-state index contributed by atoms with van der Waals surface area (Å²) in [5.74, 6) is -1.92. The van der Waals surface area contributed by atoms with Gasteiger partial charge in [0.05, 0.1) is 0 Å². The standard InChI is InChI=1S/C36H51N3O6/c1-11-22-39(32(41)29(24(3)12-2)38-34(43)45-36(8,9)10)30(27-21-17-16-18-25(27)4)31(40)37-28(33(42)44-35(5,6)7)23-26-19-14-13-15-20-26/h11,13-21,24,28-30H,1,12,22-23H2,2-10H3,(H,37,40)(H,38,43). The molecule has 0 bridgehead atoms. The van der Waals surface area contributed by atoms with E-state index in [1.165, 1.54) is 11.0 Å². The highest BCUT2D eigenvalue weighted by atomic mass is 16.6. The average Bonchev–Trinajstić information content (AvgIpc) is 2.94. The third-order valence-electron chi connectivity index (χ3n) is 7.09. The second-order valence-corrected chi connectivity index (χ2v) is 13.3. The first-order valence-corrected chi connectivity index (χ1v) is 15.5. The summed E-state index contributed by atoms with van der Waals surface area (Å²) in [6.07, 6.45) is 1.57. The van der Waals surface area contributed by atoms with Crippen molar-refractivity contribution in [3.8, 4) is 0 Å². The van der Waals surface area contributed by atoms with Crippen LogP contribution in [0.5, 0.6) is 0 Å². The van der Waals surface area contributed by atoms with E-state index in [-0.39, 0.29) is 18.9 Å². The summed E-state index contributed by atoms with van der Waals surface area (Å²) < 4.78 is 11.2. The van der Waals surface area contributed by atoms with Crippen LogP contribution in [0, 0.1) is 12.8 Å². The quantitative estimate of drug-likeness (QED) is 0.208. The lowest BCUT2D eigenvalue weighted by Gasteiger charge is -2.36. The molecule has 246 valence electrons. The van der Waals surface area contributed by atoms with Crippen molar-refractivity contribution in [3.63, 3.8) is 0 Å². The average molecular weight is 622 g/mol. The zero-order valence-corrected chi connectivity index (χ0v) is 28.3. The molecule has 2 rings (SSSR count). The molecule has 4 atom stereocenters. The van der Waals surface area contributed by atoms with E-state index in [1.54, 1.807) is 53.7 Å². The molecule has 0 aliphatic heterocycles. The van der Waals surface area contributed by atoms with Crippen molar-refractivity contribution < 1.29 is 28.7 Å². The molecule has 2 aromatic carbocycles. The Labute approximate surface area is 268 Å². The minimum absolute atomic E-state index is 0.00394. The van der Waals surface area contributed by atoms with Crippen LogP contribution in [0.1, 0.15) is 84.5 Å². The number of rotatable bonds is 13. The van der Waals surface area contributed by atoms with Crippen LogP contribution < -0.4 is 10.6 Å². The first-order chi connectivity index (χ1) is 21.0. The largest absolute Gasteiger partial charge is 0.458 e. The number of amides is 3. The molecule has 0 saturated carbocycles. The van der Waals surface area contributed by atoms with Crippen LogP contribution >= 0.6 is 0 Å². The Morgan fingerprint density at radius 1 is 0.889 bits per heavy atom. The second kappa shape index (κ2) is 16.3. The molecule has 2 N–H and O–H groups in total. The van der Waals surface area contributed by atoms with Gasteiger partial charge in [-0.1, -0.05) is 80.9 Å². The number of hydrogen-bond acceptors (Lipinski definition) is 6. The molecule has 0 fully saturated rings. The highest BCUT2D eigenvalue weighted by Crippen LogP contribution is 2.27. The maximum atomic E-state index is 14.4. The van der Waals surface area contributed by atoms with Crippen LogP contribution in [0.4, 0.5) is 4.79 Å². The van der Waals surface area contributed by atoms with Gasteiger partial charge in [0.2, 0.25) is 11.8 Å². The summed E-state index contributed by atoms with van der Waals surface area (Å²) in [6.45, 7) is 20.0. The van der Waals surface area contributed by atoms with Crippen molar-refractivity contribution in [3.05, 3.63) is 83.9 Å². The van der Waals surface area contributed by atoms with Crippen molar-refractivity contribution in [2.24, 2.45) is 5.92 Å². The Kier molecular flexibility index (Phi) is 13.4. The molecule has 0 spiro atoms. The van der Waals surface area contributed by atoms with E-state index in [0.29, 0.717) is 12.0 Å². The van der Waals surface area contributed by atoms with Gasteiger partial charge in [0.15, 0.2) is 0 Å². The predicted molar refractivity (Wildman–Crippen MR) is 176 cm³/mol. The molecular formula is C36H51N3O6. The first-order valence-electron chi connectivity index (χ1n) is 15.5. The summed E-state index contributed by atoms with van der Waals surface area (Å²) in [6, 6.07) is 13.4. The van der Waals surface area contributed by atoms with E-state index >= 15 is 0 Å². The van der Waals surface area contributed by atoms with E-state index in [9.17, 15) is 19.2 Å². The Morgan fingerprint density at radius 3 is 2.00 bits per heavy atom. The van der Waals surface area contributed by atoms with Gasteiger partial charge in [-0.2, -0.15) is 0 Å². The summed E-state index contributed by atoms with van der Waals surface area (Å²) in [5.41, 5.74) is 0.629. The number of alkyl carbamates (subject to hydrolysis) is 1. The minimum Gasteiger partial charge on any atom is -0.458 e. The van der Waals surface area contributed by atoms with Crippen LogP contribution in [0.25, 0.3) is 0 Å². The third-order valence-corrected chi connectivity index (χ3v) is 7.09. The molecule has 3 amide bonds. The number of nitrogens with one attached hydrogen (secondary N) is 2. The SMILES string of the molecule is C=CCN(C(=O)C(NC(=O)OC(C)(C)C)C(C)CC)C(C(=O)NC(Cc1ccccc1)C(=O)OC(C)(C)C)c1ccccc1C. The maximum absolute atomic E-state index is 14.4. The van der Waals surface area contributed by atoms with Crippen molar-refractivity contribution >= 4 is 23.9 Å². The van der Waals surface area contributed by atoms with Crippen LogP contribution in [-0.4, -0.2) is 58.6 Å². The summed E-state index contributed by atoms with van der Waals surface area (Å²) in [7, 11) is 0. The van der Waals surface area contributed by atoms with Gasteiger partial charge in [-0.15, -0.1) is 6.58 Å². The zero-order chi connectivity index (χ0) is 33.9. The van der Waals surface area contributed by atoms with Gasteiger partial charge >= 0.3 is 12.1 Å². The molecule has 0 radical (unpaired) electrons. The summed E-state index contributed by atoms with van der Waals surface area (Å²) in [4.78, 5) is 56.5. The number of aryl methyl sites for hydroxylation is 1. The van der Waals surface area contributed by atoms with E-state index < -0.39 is 53.2 Å². The smallest absolute Gasteiger partial charge is 0.408 e. The van der Waals surface area contributed by atoms with Gasteiger partial charge in [-0.05, 0) is 71.1 Å². The Hall–Kier alpha value is -4.14. The van der Waals surface area contributed by atoms with Gasteiger partial charge in [0.1, 0.15) is 29.3 Å². The molecular weight excluding hydrogens is 570 g/mol. The van der Waals surface area contributed by atoms with Gasteiger partial charge in [0.25, 0.3) is 0 Å². The highest BCUT2D eigenvalue weighted by molar-refractivity contribution is 5.94. The molecule has 9 heteroatoms. The fourth-order valence-electron chi connectivity index (χ4n) is 4.77. The van der Waals surface area contributed by atoms with E-state index in [0.717, 1.165) is 11.1 Å². The van der Waals surface area contributed by atoms with Crippen molar-refractivity contribution in [1.82, 2.24) is 15.5 Å². The molecule has 2 aromatic rings. The zero-order valence-electron chi connectivity index (χ0n) is 28.3. The molecule has 0 aliphatic carbocycles. The van der Waals surface area contributed by atoms with Gasteiger partial charge in [-0.25, -0.2) is 9.59 Å². The van der Waals surface area contributed by atoms with Crippen LogP contribution in [0.3, 0.4) is 0 Å². The van der Waals surface area contributed by atoms with Gasteiger partial charge in [0, 0.05) is 13.0 Å². The lowest BCUT2D eigenvalue weighted by atomic mass is 9.94. The molecule has 9 nitrogen and oxygen atoms in total. The lowest BCUT2D eigenvalue weighted by Crippen LogP contribution is -2.56. The number of carbonyl (C=O) groups excluding carboxylic acids is 4. The van der Waals surface area contributed by atoms with E-state index in [4.69, 9.17) is 9.47 Å².